The summed E-state index contributed by atoms with van der Waals surface area (Å²) in [5.74, 6) is 0.0941. The number of carbonyl (C=O) groups is 2. The lowest BCUT2D eigenvalue weighted by Gasteiger charge is -2.09. The summed E-state index contributed by atoms with van der Waals surface area (Å²) in [6, 6.07) is -0.492. The molecule has 3 amide bonds. The SMILES string of the molecule is CC(C)CCNC(=O)NC(=O)CSc1nc2sc3c(c2c(=O)n1C)CCC3. The number of hydrogen-bond acceptors (Lipinski definition) is 6. The normalized spacial score (nSPS) is 13.2. The van der Waals surface area contributed by atoms with Crippen LogP contribution in [0.5, 0.6) is 0 Å². The molecule has 0 saturated heterocycles. The predicted octanol–water partition coefficient (Wildman–Crippen LogP) is 2.45. The third kappa shape index (κ3) is 4.52. The molecule has 0 unspecified atom stereocenters. The van der Waals surface area contributed by atoms with Gasteiger partial charge in [0.15, 0.2) is 5.16 Å². The lowest BCUT2D eigenvalue weighted by Crippen LogP contribution is -2.41. The van der Waals surface area contributed by atoms with Crippen molar-refractivity contribution >= 4 is 45.3 Å². The fraction of sp³-hybridized carbons (Fsp3) is 0.556. The molecule has 9 heteroatoms. The number of hydrogen-bond donors (Lipinski definition) is 2. The highest BCUT2D eigenvalue weighted by Crippen LogP contribution is 2.35. The molecule has 0 aliphatic heterocycles. The highest BCUT2D eigenvalue weighted by atomic mass is 32.2. The molecule has 0 radical (unpaired) electrons. The Balaban J connectivity index is 1.62. The van der Waals surface area contributed by atoms with Gasteiger partial charge in [-0.05, 0) is 37.2 Å². The van der Waals surface area contributed by atoms with E-state index in [1.165, 1.54) is 9.44 Å². The van der Waals surface area contributed by atoms with Gasteiger partial charge in [0.1, 0.15) is 4.83 Å². The van der Waals surface area contributed by atoms with Crippen LogP contribution in [0.2, 0.25) is 0 Å². The van der Waals surface area contributed by atoms with Crippen LogP contribution in [-0.2, 0) is 24.7 Å². The average molecular weight is 409 g/mol. The molecule has 1 aliphatic carbocycles. The van der Waals surface area contributed by atoms with Crippen molar-refractivity contribution in [3.05, 3.63) is 20.8 Å². The second kappa shape index (κ2) is 8.43. The molecular formula is C18H24N4O3S2. The molecule has 1 aliphatic rings. The molecule has 2 aromatic rings. The molecule has 2 aromatic heterocycles. The Labute approximate surface area is 165 Å². The number of rotatable bonds is 6. The van der Waals surface area contributed by atoms with Gasteiger partial charge in [-0.3, -0.25) is 19.5 Å². The molecule has 0 saturated carbocycles. The first-order chi connectivity index (χ1) is 12.9. The molecule has 27 heavy (non-hydrogen) atoms. The lowest BCUT2D eigenvalue weighted by molar-refractivity contribution is -0.117. The molecule has 0 spiro atoms. The van der Waals surface area contributed by atoms with Crippen molar-refractivity contribution in [1.29, 1.82) is 0 Å². The van der Waals surface area contributed by atoms with Gasteiger partial charge in [0.25, 0.3) is 5.56 Å². The van der Waals surface area contributed by atoms with Gasteiger partial charge < -0.3 is 5.32 Å². The number of nitrogens with zero attached hydrogens (tertiary/aromatic N) is 2. The maximum Gasteiger partial charge on any atom is 0.321 e. The second-order valence-electron chi connectivity index (χ2n) is 7.07. The Hall–Kier alpha value is -1.87. The topological polar surface area (TPSA) is 93.1 Å². The van der Waals surface area contributed by atoms with Crippen LogP contribution in [0.25, 0.3) is 10.2 Å². The molecule has 0 fully saturated rings. The molecular weight excluding hydrogens is 384 g/mol. The standard InChI is InChI=1S/C18H24N4O3S2/c1-10(2)7-8-19-17(25)20-13(23)9-26-18-21-15-14(16(24)22(18)3)11-5-4-6-12(11)27-15/h10H,4-9H2,1-3H3,(H2,19,20,23,25). The van der Waals surface area contributed by atoms with E-state index in [1.807, 2.05) is 0 Å². The number of imide groups is 1. The highest BCUT2D eigenvalue weighted by molar-refractivity contribution is 7.99. The number of thioether (sulfide) groups is 1. The number of fused-ring (bicyclic) bond motifs is 3. The molecule has 0 bridgehead atoms. The van der Waals surface area contributed by atoms with E-state index in [2.05, 4.69) is 29.5 Å². The first kappa shape index (κ1) is 19.9. The summed E-state index contributed by atoms with van der Waals surface area (Å²) in [6.45, 7) is 4.66. The zero-order chi connectivity index (χ0) is 19.6. The smallest absolute Gasteiger partial charge is 0.321 e. The van der Waals surface area contributed by atoms with Crippen molar-refractivity contribution in [2.75, 3.05) is 12.3 Å². The van der Waals surface area contributed by atoms with E-state index >= 15 is 0 Å². The van der Waals surface area contributed by atoms with E-state index in [-0.39, 0.29) is 11.3 Å². The van der Waals surface area contributed by atoms with E-state index in [9.17, 15) is 14.4 Å². The van der Waals surface area contributed by atoms with Gasteiger partial charge >= 0.3 is 6.03 Å². The van der Waals surface area contributed by atoms with Crippen LogP contribution in [-0.4, -0.2) is 33.8 Å². The lowest BCUT2D eigenvalue weighted by atomic mass is 10.1. The summed E-state index contributed by atoms with van der Waals surface area (Å²) >= 11 is 2.74. The summed E-state index contributed by atoms with van der Waals surface area (Å²) in [5, 5.41) is 6.18. The minimum Gasteiger partial charge on any atom is -0.338 e. The van der Waals surface area contributed by atoms with Crippen molar-refractivity contribution in [2.24, 2.45) is 13.0 Å². The zero-order valence-electron chi connectivity index (χ0n) is 15.8. The Bertz CT molecular complexity index is 933. The molecule has 3 rings (SSSR count). The number of thiophene rings is 1. The number of urea groups is 1. The van der Waals surface area contributed by atoms with Crippen molar-refractivity contribution < 1.29 is 9.59 Å². The predicted molar refractivity (Wildman–Crippen MR) is 109 cm³/mol. The summed E-state index contributed by atoms with van der Waals surface area (Å²) in [6.07, 6.45) is 3.90. The Kier molecular flexibility index (Phi) is 6.21. The van der Waals surface area contributed by atoms with E-state index < -0.39 is 11.9 Å². The molecule has 0 aromatic carbocycles. The van der Waals surface area contributed by atoms with Crippen LogP contribution in [0.1, 0.15) is 37.1 Å². The highest BCUT2D eigenvalue weighted by Gasteiger charge is 2.22. The second-order valence-corrected chi connectivity index (χ2v) is 9.10. The van der Waals surface area contributed by atoms with E-state index in [1.54, 1.807) is 18.4 Å². The van der Waals surface area contributed by atoms with Gasteiger partial charge in [0, 0.05) is 18.5 Å². The third-order valence-corrected chi connectivity index (χ3v) is 6.71. The number of carbonyl (C=O) groups excluding carboxylic acids is 2. The molecule has 0 atom stereocenters. The largest absolute Gasteiger partial charge is 0.338 e. The summed E-state index contributed by atoms with van der Waals surface area (Å²) in [7, 11) is 1.67. The Morgan fingerprint density at radius 3 is 2.85 bits per heavy atom. The number of nitrogens with one attached hydrogen (secondary N) is 2. The van der Waals surface area contributed by atoms with Gasteiger partial charge in [0.2, 0.25) is 5.91 Å². The van der Waals surface area contributed by atoms with Crippen molar-refractivity contribution in [2.45, 2.75) is 44.7 Å². The van der Waals surface area contributed by atoms with Crippen molar-refractivity contribution in [3.8, 4) is 0 Å². The maximum atomic E-state index is 12.7. The minimum absolute atomic E-state index is 0.0223. The van der Waals surface area contributed by atoms with Crippen LogP contribution in [0, 0.1) is 5.92 Å². The van der Waals surface area contributed by atoms with Crippen molar-refractivity contribution in [1.82, 2.24) is 20.2 Å². The van der Waals surface area contributed by atoms with Crippen LogP contribution in [0.3, 0.4) is 0 Å². The van der Waals surface area contributed by atoms with E-state index in [0.29, 0.717) is 17.6 Å². The minimum atomic E-state index is -0.492. The number of aromatic nitrogens is 2. The summed E-state index contributed by atoms with van der Waals surface area (Å²) in [5.41, 5.74) is 1.09. The summed E-state index contributed by atoms with van der Waals surface area (Å²) in [4.78, 5) is 43.0. The van der Waals surface area contributed by atoms with Crippen LogP contribution in [0.4, 0.5) is 4.79 Å². The van der Waals surface area contributed by atoms with Crippen LogP contribution < -0.4 is 16.2 Å². The number of aryl methyl sites for hydroxylation is 2. The molecule has 2 N–H and O–H groups in total. The third-order valence-electron chi connectivity index (χ3n) is 4.50. The van der Waals surface area contributed by atoms with Gasteiger partial charge in [0.05, 0.1) is 11.1 Å². The monoisotopic (exact) mass is 408 g/mol. The van der Waals surface area contributed by atoms with Gasteiger partial charge in [-0.1, -0.05) is 25.6 Å². The average Bonchev–Trinajstić information content (AvgIpc) is 3.17. The fourth-order valence-corrected chi connectivity index (χ4v) is 5.12. The molecule has 2 heterocycles. The fourth-order valence-electron chi connectivity index (χ4n) is 3.05. The van der Waals surface area contributed by atoms with Gasteiger partial charge in [-0.2, -0.15) is 0 Å². The zero-order valence-corrected chi connectivity index (χ0v) is 17.4. The van der Waals surface area contributed by atoms with Crippen LogP contribution >= 0.6 is 23.1 Å². The number of amides is 3. The quantitative estimate of drug-likeness (QED) is 0.566. The Morgan fingerprint density at radius 2 is 2.11 bits per heavy atom. The van der Waals surface area contributed by atoms with E-state index in [4.69, 9.17) is 0 Å². The Morgan fingerprint density at radius 1 is 1.33 bits per heavy atom. The molecule has 146 valence electrons. The van der Waals surface area contributed by atoms with Crippen molar-refractivity contribution in [3.63, 3.8) is 0 Å². The maximum absolute atomic E-state index is 12.7. The summed E-state index contributed by atoms with van der Waals surface area (Å²) < 4.78 is 1.49. The van der Waals surface area contributed by atoms with Gasteiger partial charge in [-0.15, -0.1) is 11.3 Å². The first-order valence-corrected chi connectivity index (χ1v) is 10.9. The van der Waals surface area contributed by atoms with Crippen LogP contribution in [0.15, 0.2) is 9.95 Å². The first-order valence-electron chi connectivity index (χ1n) is 9.08. The van der Waals surface area contributed by atoms with Gasteiger partial charge in [-0.25, -0.2) is 9.78 Å². The van der Waals surface area contributed by atoms with E-state index in [0.717, 1.165) is 53.2 Å². The molecule has 7 nitrogen and oxygen atoms in total.